The molecule has 5 nitrogen and oxygen atoms in total. The highest BCUT2D eigenvalue weighted by atomic mass is 32.2. The van der Waals surface area contributed by atoms with Crippen molar-refractivity contribution < 1.29 is 18.3 Å². The van der Waals surface area contributed by atoms with Crippen LogP contribution in [-0.2, 0) is 14.8 Å². The molecule has 0 saturated carbocycles. The Hall–Kier alpha value is -0.170. The van der Waals surface area contributed by atoms with E-state index < -0.39 is 15.6 Å². The average molecular weight is 237 g/mol. The van der Waals surface area contributed by atoms with Gasteiger partial charge in [-0.25, -0.2) is 8.42 Å². The fraction of sp³-hybridized carbons (Fsp3) is 1.00. The fourth-order valence-electron chi connectivity index (χ4n) is 1.66. The Labute approximate surface area is 91.1 Å². The van der Waals surface area contributed by atoms with Crippen molar-refractivity contribution in [2.24, 2.45) is 0 Å². The molecule has 1 aliphatic heterocycles. The van der Waals surface area contributed by atoms with Crippen LogP contribution in [0.4, 0.5) is 0 Å². The molecular weight excluding hydrogens is 218 g/mol. The van der Waals surface area contributed by atoms with Crippen molar-refractivity contribution in [3.63, 3.8) is 0 Å². The third-order valence-corrected chi connectivity index (χ3v) is 4.46. The van der Waals surface area contributed by atoms with Crippen molar-refractivity contribution in [2.75, 3.05) is 32.6 Å². The number of methoxy groups -OCH3 is 1. The molecule has 0 aromatic heterocycles. The first-order valence-corrected chi connectivity index (χ1v) is 6.67. The van der Waals surface area contributed by atoms with E-state index in [1.807, 2.05) is 0 Å². The third-order valence-electron chi connectivity index (χ3n) is 2.56. The molecule has 6 heteroatoms. The molecule has 1 atom stereocenters. The Balaban J connectivity index is 2.49. The number of rotatable bonds is 5. The maximum Gasteiger partial charge on any atom is 0.214 e. The van der Waals surface area contributed by atoms with Gasteiger partial charge in [-0.3, -0.25) is 0 Å². The normalized spacial score (nSPS) is 28.5. The van der Waals surface area contributed by atoms with Crippen molar-refractivity contribution in [1.29, 1.82) is 0 Å². The zero-order chi connectivity index (χ0) is 11.5. The minimum Gasteiger partial charge on any atom is -0.389 e. The van der Waals surface area contributed by atoms with Crippen LogP contribution < -0.4 is 0 Å². The van der Waals surface area contributed by atoms with Gasteiger partial charge in [0.2, 0.25) is 10.0 Å². The van der Waals surface area contributed by atoms with Crippen LogP contribution in [0.2, 0.25) is 0 Å². The smallest absolute Gasteiger partial charge is 0.214 e. The molecule has 0 spiro atoms. The van der Waals surface area contributed by atoms with Gasteiger partial charge in [-0.15, -0.1) is 0 Å². The Morgan fingerprint density at radius 2 is 2.20 bits per heavy atom. The Kier molecular flexibility index (Phi) is 4.11. The summed E-state index contributed by atoms with van der Waals surface area (Å²) >= 11 is 0. The number of hydrogen-bond acceptors (Lipinski definition) is 4. The third kappa shape index (κ3) is 3.71. The molecule has 0 amide bonds. The number of ether oxygens (including phenoxy) is 1. The van der Waals surface area contributed by atoms with Gasteiger partial charge >= 0.3 is 0 Å². The van der Waals surface area contributed by atoms with Crippen molar-refractivity contribution in [3.05, 3.63) is 0 Å². The fourth-order valence-corrected chi connectivity index (χ4v) is 3.24. The van der Waals surface area contributed by atoms with Gasteiger partial charge in [0.1, 0.15) is 0 Å². The standard InChI is InChI=1S/C9H19NO4S/c1-9(11)4-5-10(8-9)15(12,13)7-3-6-14-2/h11H,3-8H2,1-2H3. The van der Waals surface area contributed by atoms with Gasteiger partial charge in [0.05, 0.1) is 11.4 Å². The number of sulfonamides is 1. The first-order chi connectivity index (χ1) is 6.87. The van der Waals surface area contributed by atoms with Crippen LogP contribution in [0, 0.1) is 0 Å². The highest BCUT2D eigenvalue weighted by molar-refractivity contribution is 7.89. The summed E-state index contributed by atoms with van der Waals surface area (Å²) < 4.78 is 29.7. The second-order valence-corrected chi connectivity index (χ2v) is 6.33. The Morgan fingerprint density at radius 3 is 2.67 bits per heavy atom. The highest BCUT2D eigenvalue weighted by Gasteiger charge is 2.37. The number of nitrogens with zero attached hydrogens (tertiary/aromatic N) is 1. The van der Waals surface area contributed by atoms with E-state index in [9.17, 15) is 13.5 Å². The Morgan fingerprint density at radius 1 is 1.53 bits per heavy atom. The summed E-state index contributed by atoms with van der Waals surface area (Å²) in [6.45, 7) is 2.74. The summed E-state index contributed by atoms with van der Waals surface area (Å²) in [7, 11) is -1.66. The summed E-state index contributed by atoms with van der Waals surface area (Å²) in [4.78, 5) is 0. The molecule has 1 saturated heterocycles. The molecule has 0 aliphatic carbocycles. The predicted molar refractivity (Wildman–Crippen MR) is 57.1 cm³/mol. The van der Waals surface area contributed by atoms with Gasteiger partial charge in [-0.1, -0.05) is 0 Å². The predicted octanol–water partition coefficient (Wildman–Crippen LogP) is -0.191. The lowest BCUT2D eigenvalue weighted by Crippen LogP contribution is -2.35. The molecule has 1 rings (SSSR count). The second kappa shape index (κ2) is 4.78. The molecule has 0 bridgehead atoms. The van der Waals surface area contributed by atoms with Crippen molar-refractivity contribution in [3.8, 4) is 0 Å². The van der Waals surface area contributed by atoms with E-state index in [1.54, 1.807) is 14.0 Å². The van der Waals surface area contributed by atoms with Gasteiger partial charge < -0.3 is 9.84 Å². The lowest BCUT2D eigenvalue weighted by molar-refractivity contribution is 0.0762. The molecule has 0 aromatic rings. The van der Waals surface area contributed by atoms with Crippen LogP contribution in [0.25, 0.3) is 0 Å². The van der Waals surface area contributed by atoms with Crippen LogP contribution in [0.15, 0.2) is 0 Å². The quantitative estimate of drug-likeness (QED) is 0.673. The van der Waals surface area contributed by atoms with Crippen molar-refractivity contribution in [1.82, 2.24) is 4.31 Å². The molecule has 1 unspecified atom stereocenters. The van der Waals surface area contributed by atoms with Crippen molar-refractivity contribution in [2.45, 2.75) is 25.4 Å². The van der Waals surface area contributed by atoms with E-state index in [0.29, 0.717) is 26.0 Å². The van der Waals surface area contributed by atoms with E-state index in [0.717, 1.165) is 0 Å². The summed E-state index contributed by atoms with van der Waals surface area (Å²) in [5.41, 5.74) is -0.867. The number of β-amino-alcohol motifs (C(OH)–C–C–N with tert-alkyl or cyclic N) is 1. The first-order valence-electron chi connectivity index (χ1n) is 5.06. The van der Waals surface area contributed by atoms with Crippen LogP contribution >= 0.6 is 0 Å². The van der Waals surface area contributed by atoms with Gasteiger partial charge in [-0.2, -0.15) is 4.31 Å². The van der Waals surface area contributed by atoms with Crippen LogP contribution in [0.1, 0.15) is 19.8 Å². The highest BCUT2D eigenvalue weighted by Crippen LogP contribution is 2.23. The van der Waals surface area contributed by atoms with Crippen LogP contribution in [0.5, 0.6) is 0 Å². The minimum absolute atomic E-state index is 0.0942. The van der Waals surface area contributed by atoms with Gasteiger partial charge in [0, 0.05) is 26.8 Å². The number of aliphatic hydroxyl groups is 1. The molecule has 1 heterocycles. The number of hydrogen-bond donors (Lipinski definition) is 1. The molecule has 1 aliphatic rings. The molecule has 0 radical (unpaired) electrons. The average Bonchev–Trinajstić information content (AvgIpc) is 2.47. The molecule has 0 aromatic carbocycles. The molecule has 15 heavy (non-hydrogen) atoms. The molecule has 90 valence electrons. The van der Waals surface area contributed by atoms with Gasteiger partial charge in [-0.05, 0) is 19.8 Å². The van der Waals surface area contributed by atoms with E-state index in [2.05, 4.69) is 0 Å². The lowest BCUT2D eigenvalue weighted by Gasteiger charge is -2.18. The maximum absolute atomic E-state index is 11.8. The topological polar surface area (TPSA) is 66.8 Å². The summed E-state index contributed by atoms with van der Waals surface area (Å²) in [6, 6.07) is 0. The van der Waals surface area contributed by atoms with E-state index in [-0.39, 0.29) is 12.3 Å². The van der Waals surface area contributed by atoms with Crippen LogP contribution in [-0.4, -0.2) is 56.0 Å². The Bertz CT molecular complexity index is 299. The van der Waals surface area contributed by atoms with Crippen LogP contribution in [0.3, 0.4) is 0 Å². The first kappa shape index (κ1) is 12.9. The zero-order valence-corrected chi connectivity index (χ0v) is 10.1. The van der Waals surface area contributed by atoms with Crippen molar-refractivity contribution >= 4 is 10.0 Å². The van der Waals surface area contributed by atoms with Gasteiger partial charge in [0.25, 0.3) is 0 Å². The second-order valence-electron chi connectivity index (χ2n) is 4.24. The summed E-state index contributed by atoms with van der Waals surface area (Å²) in [5.74, 6) is 0.0942. The summed E-state index contributed by atoms with van der Waals surface area (Å²) in [5, 5.41) is 9.67. The maximum atomic E-state index is 11.8. The van der Waals surface area contributed by atoms with Gasteiger partial charge in [0.15, 0.2) is 0 Å². The van der Waals surface area contributed by atoms with E-state index in [1.165, 1.54) is 4.31 Å². The van der Waals surface area contributed by atoms with E-state index in [4.69, 9.17) is 4.74 Å². The molecule has 1 N–H and O–H groups in total. The molecule has 1 fully saturated rings. The lowest BCUT2D eigenvalue weighted by atomic mass is 10.1. The zero-order valence-electron chi connectivity index (χ0n) is 9.27. The SMILES string of the molecule is COCCCS(=O)(=O)N1CCC(C)(O)C1. The summed E-state index contributed by atoms with van der Waals surface area (Å²) in [6.07, 6.45) is 1.01. The largest absolute Gasteiger partial charge is 0.389 e. The van der Waals surface area contributed by atoms with E-state index >= 15 is 0 Å². The monoisotopic (exact) mass is 237 g/mol. The molecular formula is C9H19NO4S. The minimum atomic E-state index is -3.21.